The largest absolute Gasteiger partial charge is 0.436 e. The van der Waals surface area contributed by atoms with Gasteiger partial charge in [-0.1, -0.05) is 52.3 Å². The molecule has 0 aliphatic rings. The van der Waals surface area contributed by atoms with Gasteiger partial charge in [-0.15, -0.1) is 0 Å². The lowest BCUT2D eigenvalue weighted by molar-refractivity contribution is -0.123. The van der Waals surface area contributed by atoms with Gasteiger partial charge < -0.3 is 9.73 Å². The number of carbonyl (C=O) groups is 1. The summed E-state index contributed by atoms with van der Waals surface area (Å²) in [4.78, 5) is 16.8. The van der Waals surface area contributed by atoms with Crippen molar-refractivity contribution in [3.05, 3.63) is 47.0 Å². The van der Waals surface area contributed by atoms with Crippen LogP contribution in [0.2, 0.25) is 5.02 Å². The van der Waals surface area contributed by atoms with Gasteiger partial charge in [-0.05, 0) is 41.8 Å². The van der Waals surface area contributed by atoms with Crippen LogP contribution in [-0.2, 0) is 4.79 Å². The summed E-state index contributed by atoms with van der Waals surface area (Å²) < 4.78 is 5.89. The van der Waals surface area contributed by atoms with Crippen LogP contribution in [0, 0.1) is 5.41 Å². The SMILES string of the molecule is CC(C)c1ccc2oc(-c3cc(NC(=O)C(C)(C)C)ccc3Cl)nc2c1. The highest BCUT2D eigenvalue weighted by Crippen LogP contribution is 2.33. The molecular formula is C21H23ClN2O2. The first-order chi connectivity index (χ1) is 12.1. The molecule has 3 aromatic rings. The Balaban J connectivity index is 1.99. The van der Waals surface area contributed by atoms with Crippen LogP contribution in [-0.4, -0.2) is 10.9 Å². The van der Waals surface area contributed by atoms with Crippen LogP contribution in [0.1, 0.15) is 46.1 Å². The molecule has 0 bridgehead atoms. The van der Waals surface area contributed by atoms with E-state index in [0.29, 0.717) is 33.7 Å². The third-order valence-corrected chi connectivity index (χ3v) is 4.54. The number of oxazole rings is 1. The predicted octanol–water partition coefficient (Wildman–Crippen LogP) is 6.26. The molecule has 1 aromatic heterocycles. The molecule has 0 aliphatic carbocycles. The fourth-order valence-electron chi connectivity index (χ4n) is 2.50. The lowest BCUT2D eigenvalue weighted by Crippen LogP contribution is -2.27. The molecule has 0 radical (unpaired) electrons. The molecule has 0 unspecified atom stereocenters. The number of halogens is 1. The van der Waals surface area contributed by atoms with Gasteiger partial charge in [0.25, 0.3) is 0 Å². The van der Waals surface area contributed by atoms with Crippen molar-refractivity contribution in [3.63, 3.8) is 0 Å². The standard InChI is InChI=1S/C21H23ClN2O2/c1-12(2)13-6-9-18-17(10-13)24-19(26-18)15-11-14(7-8-16(15)22)23-20(25)21(3,4)5/h6-12H,1-5H3,(H,23,25). The number of carbonyl (C=O) groups excluding carboxylic acids is 1. The zero-order chi connectivity index (χ0) is 19.1. The Morgan fingerprint density at radius 3 is 2.54 bits per heavy atom. The first-order valence-electron chi connectivity index (χ1n) is 8.67. The average molecular weight is 371 g/mol. The Hall–Kier alpha value is -2.33. The van der Waals surface area contributed by atoms with E-state index in [-0.39, 0.29) is 5.91 Å². The number of fused-ring (bicyclic) bond motifs is 1. The lowest BCUT2D eigenvalue weighted by atomic mass is 9.95. The van der Waals surface area contributed by atoms with Gasteiger partial charge in [0.15, 0.2) is 5.58 Å². The van der Waals surface area contributed by atoms with E-state index in [1.54, 1.807) is 18.2 Å². The van der Waals surface area contributed by atoms with Gasteiger partial charge in [0, 0.05) is 11.1 Å². The van der Waals surface area contributed by atoms with Gasteiger partial charge in [-0.2, -0.15) is 0 Å². The highest BCUT2D eigenvalue weighted by molar-refractivity contribution is 6.33. The smallest absolute Gasteiger partial charge is 0.229 e. The van der Waals surface area contributed by atoms with E-state index in [2.05, 4.69) is 24.1 Å². The monoisotopic (exact) mass is 370 g/mol. The summed E-state index contributed by atoms with van der Waals surface area (Å²) in [6.07, 6.45) is 0. The number of anilines is 1. The minimum atomic E-state index is -0.481. The van der Waals surface area contributed by atoms with E-state index < -0.39 is 5.41 Å². The van der Waals surface area contributed by atoms with E-state index in [0.717, 1.165) is 5.52 Å². The maximum Gasteiger partial charge on any atom is 0.229 e. The Bertz CT molecular complexity index is 968. The first-order valence-corrected chi connectivity index (χ1v) is 9.05. The Kier molecular flexibility index (Phi) is 4.80. The average Bonchev–Trinajstić information content (AvgIpc) is 2.98. The Morgan fingerprint density at radius 2 is 1.88 bits per heavy atom. The van der Waals surface area contributed by atoms with Crippen molar-refractivity contribution in [2.45, 2.75) is 40.5 Å². The summed E-state index contributed by atoms with van der Waals surface area (Å²) in [7, 11) is 0. The predicted molar refractivity (Wildman–Crippen MR) is 107 cm³/mol. The molecule has 0 saturated heterocycles. The fourth-order valence-corrected chi connectivity index (χ4v) is 2.70. The second-order valence-electron chi connectivity index (χ2n) is 7.80. The molecular weight excluding hydrogens is 348 g/mol. The first kappa shape index (κ1) is 18.5. The number of nitrogens with zero attached hydrogens (tertiary/aromatic N) is 1. The molecule has 1 heterocycles. The summed E-state index contributed by atoms with van der Waals surface area (Å²) in [5.41, 5.74) is 3.55. The van der Waals surface area contributed by atoms with Crippen LogP contribution in [0.15, 0.2) is 40.8 Å². The molecule has 26 heavy (non-hydrogen) atoms. The van der Waals surface area contributed by atoms with Gasteiger partial charge in [-0.3, -0.25) is 4.79 Å². The summed E-state index contributed by atoms with van der Waals surface area (Å²) in [5, 5.41) is 3.43. The number of rotatable bonds is 3. The fraction of sp³-hybridized carbons (Fsp3) is 0.333. The Morgan fingerprint density at radius 1 is 1.15 bits per heavy atom. The topological polar surface area (TPSA) is 55.1 Å². The van der Waals surface area contributed by atoms with Crippen LogP contribution in [0.25, 0.3) is 22.6 Å². The molecule has 0 atom stereocenters. The molecule has 0 spiro atoms. The van der Waals surface area contributed by atoms with Crippen LogP contribution in [0.5, 0.6) is 0 Å². The van der Waals surface area contributed by atoms with Crippen molar-refractivity contribution in [1.82, 2.24) is 4.98 Å². The number of nitrogens with one attached hydrogen (secondary N) is 1. The normalized spacial score (nSPS) is 12.0. The third kappa shape index (κ3) is 3.75. The van der Waals surface area contributed by atoms with Gasteiger partial charge in [0.2, 0.25) is 11.8 Å². The lowest BCUT2D eigenvalue weighted by Gasteiger charge is -2.18. The number of amides is 1. The molecule has 3 rings (SSSR count). The molecule has 5 heteroatoms. The van der Waals surface area contributed by atoms with E-state index in [4.69, 9.17) is 16.0 Å². The summed E-state index contributed by atoms with van der Waals surface area (Å²) in [6.45, 7) is 9.88. The minimum Gasteiger partial charge on any atom is -0.436 e. The third-order valence-electron chi connectivity index (χ3n) is 4.21. The number of aromatic nitrogens is 1. The van der Waals surface area contributed by atoms with Gasteiger partial charge in [-0.25, -0.2) is 4.98 Å². The molecule has 2 aromatic carbocycles. The highest BCUT2D eigenvalue weighted by Gasteiger charge is 2.22. The van der Waals surface area contributed by atoms with Crippen molar-refractivity contribution in [1.29, 1.82) is 0 Å². The summed E-state index contributed by atoms with van der Waals surface area (Å²) >= 11 is 6.35. The van der Waals surface area contributed by atoms with Crippen molar-refractivity contribution in [2.75, 3.05) is 5.32 Å². The van der Waals surface area contributed by atoms with Crippen molar-refractivity contribution < 1.29 is 9.21 Å². The zero-order valence-electron chi connectivity index (χ0n) is 15.7. The molecule has 0 saturated carbocycles. The minimum absolute atomic E-state index is 0.0649. The molecule has 1 amide bonds. The number of hydrogen-bond acceptors (Lipinski definition) is 3. The second-order valence-corrected chi connectivity index (χ2v) is 8.21. The van der Waals surface area contributed by atoms with E-state index in [9.17, 15) is 4.79 Å². The van der Waals surface area contributed by atoms with E-state index in [1.807, 2.05) is 39.0 Å². The maximum absolute atomic E-state index is 12.2. The summed E-state index contributed by atoms with van der Waals surface area (Å²) in [5.74, 6) is 0.793. The molecule has 1 N–H and O–H groups in total. The van der Waals surface area contributed by atoms with Gasteiger partial charge in [0.1, 0.15) is 5.52 Å². The second kappa shape index (κ2) is 6.76. The van der Waals surface area contributed by atoms with Crippen molar-refractivity contribution >= 4 is 34.3 Å². The van der Waals surface area contributed by atoms with E-state index in [1.165, 1.54) is 5.56 Å². The molecule has 0 fully saturated rings. The van der Waals surface area contributed by atoms with Crippen LogP contribution in [0.3, 0.4) is 0 Å². The number of hydrogen-bond donors (Lipinski definition) is 1. The van der Waals surface area contributed by atoms with Gasteiger partial charge >= 0.3 is 0 Å². The molecule has 0 aliphatic heterocycles. The molecule has 4 nitrogen and oxygen atoms in total. The van der Waals surface area contributed by atoms with Crippen molar-refractivity contribution in [2.24, 2.45) is 5.41 Å². The quantitative estimate of drug-likeness (QED) is 0.592. The van der Waals surface area contributed by atoms with Crippen LogP contribution < -0.4 is 5.32 Å². The number of benzene rings is 2. The molecule has 136 valence electrons. The van der Waals surface area contributed by atoms with Gasteiger partial charge in [0.05, 0.1) is 10.6 Å². The summed E-state index contributed by atoms with van der Waals surface area (Å²) in [6, 6.07) is 11.3. The van der Waals surface area contributed by atoms with Crippen molar-refractivity contribution in [3.8, 4) is 11.5 Å². The van der Waals surface area contributed by atoms with Crippen LogP contribution in [0.4, 0.5) is 5.69 Å². The highest BCUT2D eigenvalue weighted by atomic mass is 35.5. The van der Waals surface area contributed by atoms with E-state index >= 15 is 0 Å². The van der Waals surface area contributed by atoms with Crippen LogP contribution >= 0.6 is 11.6 Å². The zero-order valence-corrected chi connectivity index (χ0v) is 16.4. The Labute approximate surface area is 158 Å². The maximum atomic E-state index is 12.2.